The van der Waals surface area contributed by atoms with E-state index in [1.165, 1.54) is 0 Å². The van der Waals surface area contributed by atoms with Crippen molar-refractivity contribution in [3.63, 3.8) is 0 Å². The molecule has 5 nitrogen and oxygen atoms in total. The molecule has 0 bridgehead atoms. The van der Waals surface area contributed by atoms with Crippen LogP contribution in [0.4, 0.5) is 18.0 Å². The van der Waals surface area contributed by atoms with Crippen molar-refractivity contribution >= 4 is 12.0 Å². The van der Waals surface area contributed by atoms with E-state index < -0.39 is 42.7 Å². The lowest BCUT2D eigenvalue weighted by Crippen LogP contribution is -2.56. The first-order valence-corrected chi connectivity index (χ1v) is 6.78. The molecule has 1 rings (SSSR count). The van der Waals surface area contributed by atoms with Gasteiger partial charge in [0.05, 0.1) is 5.92 Å². The van der Waals surface area contributed by atoms with Crippen LogP contribution in [0.1, 0.15) is 33.6 Å². The fraction of sp³-hybridized carbons (Fsp3) is 0.846. The van der Waals surface area contributed by atoms with Gasteiger partial charge in [0, 0.05) is 18.6 Å². The molecule has 1 heterocycles. The van der Waals surface area contributed by atoms with Gasteiger partial charge in [-0.15, -0.1) is 0 Å². The normalized spacial score (nSPS) is 20.3. The number of aliphatic carboxylic acids is 1. The molecule has 1 aliphatic heterocycles. The van der Waals surface area contributed by atoms with Crippen LogP contribution in [0.25, 0.3) is 0 Å². The van der Waals surface area contributed by atoms with E-state index in [1.807, 2.05) is 0 Å². The van der Waals surface area contributed by atoms with E-state index in [9.17, 15) is 22.8 Å². The van der Waals surface area contributed by atoms with Gasteiger partial charge in [0.2, 0.25) is 0 Å². The molecule has 0 aromatic rings. The van der Waals surface area contributed by atoms with Gasteiger partial charge >= 0.3 is 18.2 Å². The van der Waals surface area contributed by atoms with Gasteiger partial charge in [0.1, 0.15) is 6.54 Å². The molecule has 0 spiro atoms. The summed E-state index contributed by atoms with van der Waals surface area (Å²) < 4.78 is 38.3. The summed E-state index contributed by atoms with van der Waals surface area (Å²) in [6, 6.07) is -0.654. The second kappa shape index (κ2) is 6.11. The fourth-order valence-corrected chi connectivity index (χ4v) is 2.32. The Bertz CT molecular complexity index is 404. The summed E-state index contributed by atoms with van der Waals surface area (Å²) in [5.74, 6) is -2.73. The van der Waals surface area contributed by atoms with Crippen molar-refractivity contribution in [3.8, 4) is 0 Å². The molecule has 0 aromatic carbocycles. The van der Waals surface area contributed by atoms with Gasteiger partial charge in [0.15, 0.2) is 0 Å². The minimum Gasteiger partial charge on any atom is -0.480 e. The molecule has 1 saturated heterocycles. The lowest BCUT2D eigenvalue weighted by Gasteiger charge is -2.41. The van der Waals surface area contributed by atoms with Crippen LogP contribution in [0.3, 0.4) is 0 Å². The number of carbonyl (C=O) groups is 2. The summed E-state index contributed by atoms with van der Waals surface area (Å²) in [6.45, 7) is 4.23. The number of nitrogens with zero attached hydrogens (tertiary/aromatic N) is 2. The van der Waals surface area contributed by atoms with Crippen LogP contribution in [0.2, 0.25) is 0 Å². The minimum atomic E-state index is -4.34. The van der Waals surface area contributed by atoms with Gasteiger partial charge in [-0.1, -0.05) is 0 Å². The number of urea groups is 1. The zero-order valence-electron chi connectivity index (χ0n) is 12.4. The molecule has 0 aromatic heterocycles. The standard InChI is InChI=1S/C13H21F3N2O3/c1-12(2,3)18(8-10(19)20)11(21)17-6-4-5-9(7-17)13(14,15)16/h9H,4-8H2,1-3H3,(H,19,20). The number of hydrogen-bond donors (Lipinski definition) is 1. The quantitative estimate of drug-likeness (QED) is 0.852. The van der Waals surface area contributed by atoms with E-state index in [4.69, 9.17) is 5.11 Å². The Balaban J connectivity index is 2.86. The highest BCUT2D eigenvalue weighted by Crippen LogP contribution is 2.33. The Hall–Kier alpha value is -1.47. The van der Waals surface area contributed by atoms with Crippen LogP contribution in [0, 0.1) is 5.92 Å². The zero-order valence-corrected chi connectivity index (χ0v) is 12.4. The predicted octanol–water partition coefficient (Wildman–Crippen LogP) is 2.57. The average molecular weight is 310 g/mol. The number of hydrogen-bond acceptors (Lipinski definition) is 2. The Morgan fingerprint density at radius 2 is 1.86 bits per heavy atom. The number of alkyl halides is 3. The first-order valence-electron chi connectivity index (χ1n) is 6.78. The van der Waals surface area contributed by atoms with E-state index in [0.29, 0.717) is 0 Å². The minimum absolute atomic E-state index is 0.00171. The van der Waals surface area contributed by atoms with Gasteiger partial charge < -0.3 is 14.9 Å². The molecule has 1 unspecified atom stereocenters. The molecule has 122 valence electrons. The van der Waals surface area contributed by atoms with Crippen LogP contribution in [0.15, 0.2) is 0 Å². The Kier molecular flexibility index (Phi) is 5.11. The Morgan fingerprint density at radius 3 is 2.29 bits per heavy atom. The highest BCUT2D eigenvalue weighted by Gasteiger charge is 2.44. The van der Waals surface area contributed by atoms with Gasteiger partial charge in [-0.25, -0.2) is 4.79 Å². The molecule has 0 saturated carbocycles. The zero-order chi connectivity index (χ0) is 16.4. The van der Waals surface area contributed by atoms with Gasteiger partial charge in [-0.05, 0) is 33.6 Å². The number of carboxylic acid groups (broad SMARTS) is 1. The van der Waals surface area contributed by atoms with E-state index in [2.05, 4.69) is 0 Å². The first kappa shape index (κ1) is 17.6. The summed E-state index contributed by atoms with van der Waals surface area (Å²) >= 11 is 0. The maximum Gasteiger partial charge on any atom is 0.393 e. The number of piperidine rings is 1. The number of amides is 2. The Labute approximate surface area is 121 Å². The molecule has 1 atom stereocenters. The number of carbonyl (C=O) groups excluding carboxylic acids is 1. The van der Waals surface area contributed by atoms with Gasteiger partial charge in [-0.2, -0.15) is 13.2 Å². The van der Waals surface area contributed by atoms with Crippen molar-refractivity contribution in [2.24, 2.45) is 5.92 Å². The second-order valence-corrected chi connectivity index (χ2v) is 6.26. The van der Waals surface area contributed by atoms with Crippen molar-refractivity contribution in [1.82, 2.24) is 9.80 Å². The summed E-state index contributed by atoms with van der Waals surface area (Å²) in [6.07, 6.45) is -4.07. The van der Waals surface area contributed by atoms with Crippen molar-refractivity contribution in [2.45, 2.75) is 45.3 Å². The number of likely N-dealkylation sites (tertiary alicyclic amines) is 1. The van der Waals surface area contributed by atoms with Crippen LogP contribution < -0.4 is 0 Å². The molecule has 21 heavy (non-hydrogen) atoms. The molecule has 0 aliphatic carbocycles. The molecule has 1 N–H and O–H groups in total. The van der Waals surface area contributed by atoms with Crippen molar-refractivity contribution in [2.75, 3.05) is 19.6 Å². The number of carboxylic acids is 1. The largest absolute Gasteiger partial charge is 0.480 e. The molecule has 8 heteroatoms. The van der Waals surface area contributed by atoms with Gasteiger partial charge in [0.25, 0.3) is 0 Å². The number of halogens is 3. The molecule has 2 amide bonds. The molecule has 0 radical (unpaired) electrons. The van der Waals surface area contributed by atoms with Crippen LogP contribution in [0.5, 0.6) is 0 Å². The van der Waals surface area contributed by atoms with Gasteiger partial charge in [-0.3, -0.25) is 4.79 Å². The number of rotatable bonds is 2. The fourth-order valence-electron chi connectivity index (χ4n) is 2.32. The maximum atomic E-state index is 12.8. The topological polar surface area (TPSA) is 60.9 Å². The molecule has 1 fully saturated rings. The smallest absolute Gasteiger partial charge is 0.393 e. The highest BCUT2D eigenvalue weighted by atomic mass is 19.4. The van der Waals surface area contributed by atoms with Crippen LogP contribution >= 0.6 is 0 Å². The summed E-state index contributed by atoms with van der Waals surface area (Å²) in [7, 11) is 0. The third-order valence-electron chi connectivity index (χ3n) is 3.49. The molecular formula is C13H21F3N2O3. The summed E-state index contributed by atoms with van der Waals surface area (Å²) in [5, 5.41) is 8.88. The SMILES string of the molecule is CC(C)(C)N(CC(=O)O)C(=O)N1CCCC(C(F)(F)F)C1. The average Bonchev–Trinajstić information content (AvgIpc) is 2.33. The van der Waals surface area contributed by atoms with Crippen LogP contribution in [-0.2, 0) is 4.79 Å². The monoisotopic (exact) mass is 310 g/mol. The van der Waals surface area contributed by atoms with E-state index in [1.54, 1.807) is 20.8 Å². The van der Waals surface area contributed by atoms with E-state index in [0.717, 1.165) is 9.80 Å². The van der Waals surface area contributed by atoms with E-state index >= 15 is 0 Å². The van der Waals surface area contributed by atoms with Crippen LogP contribution in [-0.4, -0.2) is 58.3 Å². The Morgan fingerprint density at radius 1 is 1.29 bits per heavy atom. The summed E-state index contributed by atoms with van der Waals surface area (Å²) in [5.41, 5.74) is -0.777. The third-order valence-corrected chi connectivity index (χ3v) is 3.49. The predicted molar refractivity (Wildman–Crippen MR) is 69.8 cm³/mol. The lowest BCUT2D eigenvalue weighted by atomic mass is 9.97. The lowest BCUT2D eigenvalue weighted by molar-refractivity contribution is -0.184. The molecule has 1 aliphatic rings. The van der Waals surface area contributed by atoms with Crippen molar-refractivity contribution in [3.05, 3.63) is 0 Å². The molecular weight excluding hydrogens is 289 g/mol. The van der Waals surface area contributed by atoms with E-state index in [-0.39, 0.29) is 19.4 Å². The maximum absolute atomic E-state index is 12.8. The first-order chi connectivity index (χ1) is 9.43. The summed E-state index contributed by atoms with van der Waals surface area (Å²) in [4.78, 5) is 25.4. The third kappa shape index (κ3) is 4.78. The highest BCUT2D eigenvalue weighted by molar-refractivity contribution is 5.81. The van der Waals surface area contributed by atoms with Crippen molar-refractivity contribution in [1.29, 1.82) is 0 Å². The second-order valence-electron chi connectivity index (χ2n) is 6.26. The van der Waals surface area contributed by atoms with Crippen molar-refractivity contribution < 1.29 is 27.9 Å².